The minimum absolute atomic E-state index is 0.804. The lowest BCUT2D eigenvalue weighted by Gasteiger charge is -2.16. The van der Waals surface area contributed by atoms with Crippen molar-refractivity contribution in [3.63, 3.8) is 0 Å². The van der Waals surface area contributed by atoms with Gasteiger partial charge in [0.05, 0.1) is 12.2 Å². The number of hydrogen-bond acceptors (Lipinski definition) is 5. The first-order valence-electron chi connectivity index (χ1n) is 7.54. The smallest absolute Gasteiger partial charge is 0.134 e. The number of nitrogens with one attached hydrogen (secondary N) is 1. The fourth-order valence-corrected chi connectivity index (χ4v) is 2.75. The standard InChI is InChI=1S/C15H22N6/c1-12-9-13(2)21(19-12)8-5-16-14-10-15(18-11-17-14)20-6-3-4-7-20/h9-11H,3-8H2,1-2H3,(H,16,17,18). The molecule has 6 nitrogen and oxygen atoms in total. The zero-order valence-corrected chi connectivity index (χ0v) is 12.7. The van der Waals surface area contributed by atoms with Gasteiger partial charge in [0, 0.05) is 31.4 Å². The van der Waals surface area contributed by atoms with Gasteiger partial charge in [-0.3, -0.25) is 4.68 Å². The maximum atomic E-state index is 4.46. The first-order chi connectivity index (χ1) is 10.2. The van der Waals surface area contributed by atoms with Crippen LogP contribution in [0.3, 0.4) is 0 Å². The molecule has 3 heterocycles. The molecule has 21 heavy (non-hydrogen) atoms. The first kappa shape index (κ1) is 13.9. The van der Waals surface area contributed by atoms with Crippen LogP contribution < -0.4 is 10.2 Å². The van der Waals surface area contributed by atoms with E-state index in [-0.39, 0.29) is 0 Å². The van der Waals surface area contributed by atoms with E-state index in [9.17, 15) is 0 Å². The van der Waals surface area contributed by atoms with Gasteiger partial charge in [-0.25, -0.2) is 9.97 Å². The molecule has 2 aromatic heterocycles. The van der Waals surface area contributed by atoms with Crippen LogP contribution in [-0.2, 0) is 6.54 Å². The zero-order valence-electron chi connectivity index (χ0n) is 12.7. The van der Waals surface area contributed by atoms with Crippen molar-refractivity contribution < 1.29 is 0 Å². The Kier molecular flexibility index (Phi) is 4.03. The van der Waals surface area contributed by atoms with Crippen molar-refractivity contribution in [1.82, 2.24) is 19.7 Å². The molecule has 1 fully saturated rings. The Morgan fingerprint density at radius 3 is 2.67 bits per heavy atom. The summed E-state index contributed by atoms with van der Waals surface area (Å²) in [6.45, 7) is 7.94. The van der Waals surface area contributed by atoms with E-state index in [4.69, 9.17) is 0 Å². The minimum atomic E-state index is 0.804. The Labute approximate surface area is 125 Å². The summed E-state index contributed by atoms with van der Waals surface area (Å²) < 4.78 is 2.02. The maximum Gasteiger partial charge on any atom is 0.134 e. The minimum Gasteiger partial charge on any atom is -0.368 e. The quantitative estimate of drug-likeness (QED) is 0.911. The van der Waals surface area contributed by atoms with Crippen LogP contribution in [0.1, 0.15) is 24.2 Å². The highest BCUT2D eigenvalue weighted by atomic mass is 15.3. The van der Waals surface area contributed by atoms with E-state index in [0.717, 1.165) is 43.5 Å². The van der Waals surface area contributed by atoms with Gasteiger partial charge >= 0.3 is 0 Å². The van der Waals surface area contributed by atoms with E-state index in [1.54, 1.807) is 6.33 Å². The highest BCUT2D eigenvalue weighted by Gasteiger charge is 2.13. The van der Waals surface area contributed by atoms with Crippen molar-refractivity contribution >= 4 is 11.6 Å². The highest BCUT2D eigenvalue weighted by Crippen LogP contribution is 2.19. The van der Waals surface area contributed by atoms with Crippen LogP contribution in [0.15, 0.2) is 18.5 Å². The van der Waals surface area contributed by atoms with Crippen LogP contribution in [0.5, 0.6) is 0 Å². The number of nitrogens with zero attached hydrogens (tertiary/aromatic N) is 5. The molecule has 0 unspecified atom stereocenters. The van der Waals surface area contributed by atoms with E-state index in [2.05, 4.69) is 38.3 Å². The molecule has 3 rings (SSSR count). The van der Waals surface area contributed by atoms with Crippen molar-refractivity contribution in [2.75, 3.05) is 29.9 Å². The van der Waals surface area contributed by atoms with Crippen LogP contribution in [0.2, 0.25) is 0 Å². The van der Waals surface area contributed by atoms with Gasteiger partial charge in [-0.2, -0.15) is 5.10 Å². The summed E-state index contributed by atoms with van der Waals surface area (Å²) in [6, 6.07) is 4.13. The lowest BCUT2D eigenvalue weighted by atomic mass is 10.4. The van der Waals surface area contributed by atoms with Gasteiger partial charge in [0.15, 0.2) is 0 Å². The molecular formula is C15H22N6. The van der Waals surface area contributed by atoms with E-state index < -0.39 is 0 Å². The van der Waals surface area contributed by atoms with Crippen LogP contribution in [0.4, 0.5) is 11.6 Å². The first-order valence-corrected chi connectivity index (χ1v) is 7.54. The largest absolute Gasteiger partial charge is 0.368 e. The number of anilines is 2. The van der Waals surface area contributed by atoms with Crippen LogP contribution in [0, 0.1) is 13.8 Å². The normalized spacial score (nSPS) is 14.7. The molecule has 6 heteroatoms. The third kappa shape index (κ3) is 3.32. The Morgan fingerprint density at radius 2 is 1.95 bits per heavy atom. The van der Waals surface area contributed by atoms with Gasteiger partial charge < -0.3 is 10.2 Å². The average molecular weight is 286 g/mol. The second kappa shape index (κ2) is 6.11. The molecule has 1 N–H and O–H groups in total. The summed E-state index contributed by atoms with van der Waals surface area (Å²) in [7, 11) is 0. The Hall–Kier alpha value is -2.11. The van der Waals surface area contributed by atoms with E-state index in [1.807, 2.05) is 17.7 Å². The number of rotatable bonds is 5. The molecule has 1 aliphatic rings. The highest BCUT2D eigenvalue weighted by molar-refractivity contribution is 5.48. The molecule has 112 valence electrons. The van der Waals surface area contributed by atoms with E-state index in [0.29, 0.717) is 0 Å². The maximum absolute atomic E-state index is 4.46. The van der Waals surface area contributed by atoms with Crippen molar-refractivity contribution in [2.24, 2.45) is 0 Å². The Bertz CT molecular complexity index is 600. The Morgan fingerprint density at radius 1 is 1.14 bits per heavy atom. The summed E-state index contributed by atoms with van der Waals surface area (Å²) in [5.74, 6) is 1.91. The third-order valence-electron chi connectivity index (χ3n) is 3.82. The van der Waals surface area contributed by atoms with E-state index >= 15 is 0 Å². The summed E-state index contributed by atoms with van der Waals surface area (Å²) in [5, 5.41) is 7.81. The number of hydrogen-bond donors (Lipinski definition) is 1. The van der Waals surface area contributed by atoms with Crippen LogP contribution in [-0.4, -0.2) is 39.4 Å². The van der Waals surface area contributed by atoms with Gasteiger partial charge in [-0.15, -0.1) is 0 Å². The molecule has 1 aliphatic heterocycles. The van der Waals surface area contributed by atoms with Crippen molar-refractivity contribution in [3.8, 4) is 0 Å². The molecule has 0 atom stereocenters. The monoisotopic (exact) mass is 286 g/mol. The molecular weight excluding hydrogens is 264 g/mol. The van der Waals surface area contributed by atoms with Crippen molar-refractivity contribution in [2.45, 2.75) is 33.2 Å². The number of aryl methyl sites for hydroxylation is 2. The van der Waals surface area contributed by atoms with Gasteiger partial charge in [-0.1, -0.05) is 0 Å². The SMILES string of the molecule is Cc1cc(C)n(CCNc2cc(N3CCCC3)ncn2)n1. The molecule has 0 bridgehead atoms. The summed E-state index contributed by atoms with van der Waals surface area (Å²) in [6.07, 6.45) is 4.15. The van der Waals surface area contributed by atoms with Gasteiger partial charge in [0.25, 0.3) is 0 Å². The van der Waals surface area contributed by atoms with Crippen molar-refractivity contribution in [1.29, 1.82) is 0 Å². The van der Waals surface area contributed by atoms with E-state index in [1.165, 1.54) is 18.5 Å². The average Bonchev–Trinajstić information content (AvgIpc) is 3.10. The molecule has 2 aromatic rings. The fraction of sp³-hybridized carbons (Fsp3) is 0.533. The zero-order chi connectivity index (χ0) is 14.7. The second-order valence-electron chi connectivity index (χ2n) is 5.53. The predicted molar refractivity (Wildman–Crippen MR) is 83.7 cm³/mol. The van der Waals surface area contributed by atoms with Gasteiger partial charge in [-0.05, 0) is 32.8 Å². The summed E-state index contributed by atoms with van der Waals surface area (Å²) in [5.41, 5.74) is 2.25. The molecule has 0 amide bonds. The summed E-state index contributed by atoms with van der Waals surface area (Å²) >= 11 is 0. The molecule has 0 aliphatic carbocycles. The van der Waals surface area contributed by atoms with Gasteiger partial charge in [0.2, 0.25) is 0 Å². The lowest BCUT2D eigenvalue weighted by Crippen LogP contribution is -2.19. The molecule has 0 radical (unpaired) electrons. The molecule has 0 saturated carbocycles. The lowest BCUT2D eigenvalue weighted by molar-refractivity contribution is 0.614. The fourth-order valence-electron chi connectivity index (χ4n) is 2.75. The van der Waals surface area contributed by atoms with Crippen LogP contribution in [0.25, 0.3) is 0 Å². The van der Waals surface area contributed by atoms with Gasteiger partial charge in [0.1, 0.15) is 18.0 Å². The number of aromatic nitrogens is 4. The molecule has 0 spiro atoms. The molecule has 0 aromatic carbocycles. The topological polar surface area (TPSA) is 58.9 Å². The second-order valence-corrected chi connectivity index (χ2v) is 5.53. The molecule has 1 saturated heterocycles. The summed E-state index contributed by atoms with van der Waals surface area (Å²) in [4.78, 5) is 11.0. The van der Waals surface area contributed by atoms with Crippen LogP contribution >= 0.6 is 0 Å². The third-order valence-corrected chi connectivity index (χ3v) is 3.82. The Balaban J connectivity index is 1.57. The predicted octanol–water partition coefficient (Wildman–Crippen LogP) is 2.00. The van der Waals surface area contributed by atoms with Crippen molar-refractivity contribution in [3.05, 3.63) is 29.8 Å².